The minimum Gasteiger partial charge on any atom is -0.247 e. The summed E-state index contributed by atoms with van der Waals surface area (Å²) >= 11 is 0. The van der Waals surface area contributed by atoms with E-state index in [1.165, 1.54) is 0 Å². The third-order valence-corrected chi connectivity index (χ3v) is 3.67. The zero-order chi connectivity index (χ0) is 13.5. The second-order valence-electron chi connectivity index (χ2n) is 4.95. The molecule has 0 saturated carbocycles. The van der Waals surface area contributed by atoms with Crippen molar-refractivity contribution in [3.8, 4) is 0 Å². The fraction of sp³-hybridized carbons (Fsp3) is 0.125. The highest BCUT2D eigenvalue weighted by Crippen LogP contribution is 2.20. The van der Waals surface area contributed by atoms with E-state index in [1.807, 2.05) is 45.9 Å². The third kappa shape index (κ3) is 1.61. The van der Waals surface area contributed by atoms with Crippen molar-refractivity contribution >= 4 is 21.8 Å². The quantitative estimate of drug-likeness (QED) is 0.554. The molecule has 98 valence electrons. The maximum Gasteiger partial charge on any atom is 0.141 e. The zero-order valence-electron chi connectivity index (χ0n) is 11.1. The predicted molar refractivity (Wildman–Crippen MR) is 79.6 cm³/mol. The Morgan fingerprint density at radius 1 is 0.950 bits per heavy atom. The number of rotatable bonds is 2. The van der Waals surface area contributed by atoms with E-state index in [0.29, 0.717) is 0 Å². The van der Waals surface area contributed by atoms with Crippen LogP contribution in [0.15, 0.2) is 60.9 Å². The van der Waals surface area contributed by atoms with Gasteiger partial charge >= 0.3 is 0 Å². The third-order valence-electron chi connectivity index (χ3n) is 3.67. The summed E-state index contributed by atoms with van der Waals surface area (Å²) in [6.45, 7) is 2.10. The molecule has 4 rings (SSSR count). The second kappa shape index (κ2) is 4.20. The Kier molecular flexibility index (Phi) is 2.36. The SMILES string of the molecule is CC(n1cc2ccccc2n1)n1ncc2ccccc21. The van der Waals surface area contributed by atoms with Crippen LogP contribution in [0.3, 0.4) is 0 Å². The largest absolute Gasteiger partial charge is 0.247 e. The molecular formula is C16H14N4. The standard InChI is InChI=1S/C16H14N4/c1-12(19-11-14-7-2-4-8-15(14)18-19)20-16-9-5-3-6-13(16)10-17-20/h2-12H,1H3. The number of nitrogens with zero attached hydrogens (tertiary/aromatic N) is 4. The molecule has 0 aliphatic heterocycles. The molecular weight excluding hydrogens is 248 g/mol. The maximum atomic E-state index is 4.63. The Morgan fingerprint density at radius 2 is 1.70 bits per heavy atom. The molecule has 4 aromatic rings. The molecule has 0 spiro atoms. The van der Waals surface area contributed by atoms with Crippen molar-refractivity contribution in [2.24, 2.45) is 0 Å². The highest BCUT2D eigenvalue weighted by Gasteiger charge is 2.12. The summed E-state index contributed by atoms with van der Waals surface area (Å²) in [6.07, 6.45) is 4.01. The molecule has 2 heterocycles. The van der Waals surface area contributed by atoms with E-state index in [2.05, 4.69) is 41.5 Å². The predicted octanol–water partition coefficient (Wildman–Crippen LogP) is 3.45. The Balaban J connectivity index is 1.85. The van der Waals surface area contributed by atoms with Crippen LogP contribution >= 0.6 is 0 Å². The van der Waals surface area contributed by atoms with Crippen molar-refractivity contribution < 1.29 is 0 Å². The van der Waals surface area contributed by atoms with Gasteiger partial charge in [0.15, 0.2) is 0 Å². The first-order valence-electron chi connectivity index (χ1n) is 6.69. The summed E-state index contributed by atoms with van der Waals surface area (Å²) in [5.41, 5.74) is 2.13. The average molecular weight is 262 g/mol. The van der Waals surface area contributed by atoms with Crippen molar-refractivity contribution in [2.75, 3.05) is 0 Å². The van der Waals surface area contributed by atoms with Crippen molar-refractivity contribution in [3.05, 3.63) is 60.9 Å². The van der Waals surface area contributed by atoms with Gasteiger partial charge in [0, 0.05) is 17.0 Å². The van der Waals surface area contributed by atoms with E-state index in [-0.39, 0.29) is 6.17 Å². The Morgan fingerprint density at radius 3 is 2.55 bits per heavy atom. The van der Waals surface area contributed by atoms with Gasteiger partial charge in [-0.15, -0.1) is 0 Å². The van der Waals surface area contributed by atoms with E-state index in [1.54, 1.807) is 0 Å². The first kappa shape index (κ1) is 11.2. The van der Waals surface area contributed by atoms with Crippen LogP contribution in [0.5, 0.6) is 0 Å². The fourth-order valence-electron chi connectivity index (χ4n) is 2.58. The van der Waals surface area contributed by atoms with Gasteiger partial charge in [-0.05, 0) is 19.1 Å². The Labute approximate surface area is 116 Å². The van der Waals surface area contributed by atoms with Crippen molar-refractivity contribution in [1.29, 1.82) is 0 Å². The molecule has 0 N–H and O–H groups in total. The Bertz CT molecular complexity index is 854. The molecule has 0 fully saturated rings. The lowest BCUT2D eigenvalue weighted by Crippen LogP contribution is -2.16. The monoisotopic (exact) mass is 262 g/mol. The zero-order valence-corrected chi connectivity index (χ0v) is 11.1. The molecule has 4 heteroatoms. The number of hydrogen-bond acceptors (Lipinski definition) is 2. The molecule has 20 heavy (non-hydrogen) atoms. The van der Waals surface area contributed by atoms with Gasteiger partial charge in [0.25, 0.3) is 0 Å². The van der Waals surface area contributed by atoms with Gasteiger partial charge in [-0.25, -0.2) is 9.36 Å². The molecule has 0 aliphatic rings. The van der Waals surface area contributed by atoms with Gasteiger partial charge < -0.3 is 0 Å². The normalized spacial score (nSPS) is 13.1. The molecule has 4 nitrogen and oxygen atoms in total. The van der Waals surface area contributed by atoms with Gasteiger partial charge in [0.2, 0.25) is 0 Å². The van der Waals surface area contributed by atoms with E-state index in [9.17, 15) is 0 Å². The highest BCUT2D eigenvalue weighted by molar-refractivity contribution is 5.79. The van der Waals surface area contributed by atoms with Gasteiger partial charge in [-0.3, -0.25) is 0 Å². The topological polar surface area (TPSA) is 35.6 Å². The van der Waals surface area contributed by atoms with Crippen molar-refractivity contribution in [2.45, 2.75) is 13.1 Å². The van der Waals surface area contributed by atoms with Crippen LogP contribution < -0.4 is 0 Å². The smallest absolute Gasteiger partial charge is 0.141 e. The molecule has 1 unspecified atom stereocenters. The molecule has 0 radical (unpaired) electrons. The number of benzene rings is 2. The highest BCUT2D eigenvalue weighted by atomic mass is 15.4. The van der Waals surface area contributed by atoms with E-state index in [4.69, 9.17) is 0 Å². The van der Waals surface area contributed by atoms with Crippen LogP contribution in [0.1, 0.15) is 13.1 Å². The lowest BCUT2D eigenvalue weighted by molar-refractivity contribution is 0.404. The minimum absolute atomic E-state index is 0.0438. The average Bonchev–Trinajstić information content (AvgIpc) is 3.10. The van der Waals surface area contributed by atoms with Gasteiger partial charge in [-0.2, -0.15) is 10.2 Å². The summed E-state index contributed by atoms with van der Waals surface area (Å²) in [5, 5.41) is 11.4. The lowest BCUT2D eigenvalue weighted by atomic mass is 10.2. The number of fused-ring (bicyclic) bond motifs is 2. The molecule has 0 bridgehead atoms. The molecule has 0 saturated heterocycles. The lowest BCUT2D eigenvalue weighted by Gasteiger charge is -2.13. The van der Waals surface area contributed by atoms with Crippen LogP contribution in [0.4, 0.5) is 0 Å². The fourth-order valence-corrected chi connectivity index (χ4v) is 2.58. The molecule has 0 aliphatic carbocycles. The number of para-hydroxylation sites is 1. The molecule has 2 aromatic heterocycles. The van der Waals surface area contributed by atoms with E-state index < -0.39 is 0 Å². The molecule has 2 aromatic carbocycles. The van der Waals surface area contributed by atoms with E-state index in [0.717, 1.165) is 21.8 Å². The van der Waals surface area contributed by atoms with Crippen LogP contribution in [-0.4, -0.2) is 19.6 Å². The van der Waals surface area contributed by atoms with Crippen LogP contribution in [0.2, 0.25) is 0 Å². The summed E-state index contributed by atoms with van der Waals surface area (Å²) in [5.74, 6) is 0. The van der Waals surface area contributed by atoms with Crippen LogP contribution in [-0.2, 0) is 0 Å². The summed E-state index contributed by atoms with van der Waals surface area (Å²) in [6, 6.07) is 16.4. The van der Waals surface area contributed by atoms with Crippen molar-refractivity contribution in [1.82, 2.24) is 19.6 Å². The molecule has 1 atom stereocenters. The second-order valence-corrected chi connectivity index (χ2v) is 4.95. The first-order valence-corrected chi connectivity index (χ1v) is 6.69. The Hall–Kier alpha value is -2.62. The van der Waals surface area contributed by atoms with Gasteiger partial charge in [0.05, 0.1) is 17.2 Å². The molecule has 0 amide bonds. The van der Waals surface area contributed by atoms with Gasteiger partial charge in [0.1, 0.15) is 6.17 Å². The summed E-state index contributed by atoms with van der Waals surface area (Å²) in [7, 11) is 0. The number of aromatic nitrogens is 4. The van der Waals surface area contributed by atoms with E-state index >= 15 is 0 Å². The summed E-state index contributed by atoms with van der Waals surface area (Å²) in [4.78, 5) is 0. The van der Waals surface area contributed by atoms with Gasteiger partial charge in [-0.1, -0.05) is 36.4 Å². The van der Waals surface area contributed by atoms with Crippen LogP contribution in [0, 0.1) is 0 Å². The maximum absolute atomic E-state index is 4.63. The van der Waals surface area contributed by atoms with Crippen molar-refractivity contribution in [3.63, 3.8) is 0 Å². The van der Waals surface area contributed by atoms with Crippen LogP contribution in [0.25, 0.3) is 21.8 Å². The first-order chi connectivity index (χ1) is 9.83. The number of hydrogen-bond donors (Lipinski definition) is 0. The minimum atomic E-state index is 0.0438. The summed E-state index contributed by atoms with van der Waals surface area (Å²) < 4.78 is 3.96.